The number of nitrogens with two attached hydrogens (primary N) is 1. The number of hydrogen-bond acceptors (Lipinski definition) is 2. The van der Waals surface area contributed by atoms with E-state index in [1.807, 2.05) is 0 Å². The molecule has 0 radical (unpaired) electrons. The van der Waals surface area contributed by atoms with Gasteiger partial charge >= 0.3 is 0 Å². The number of nitrogens with zero attached hydrogens (tertiary/aromatic N) is 1. The third-order valence-electron chi connectivity index (χ3n) is 5.19. The van der Waals surface area contributed by atoms with Crippen LogP contribution < -0.4 is 5.73 Å². The van der Waals surface area contributed by atoms with E-state index in [0.29, 0.717) is 17.2 Å². The van der Waals surface area contributed by atoms with Crippen molar-refractivity contribution in [1.82, 2.24) is 9.97 Å². The summed E-state index contributed by atoms with van der Waals surface area (Å²) in [6.45, 7) is 8.99. The van der Waals surface area contributed by atoms with Crippen molar-refractivity contribution < 1.29 is 4.79 Å². The molecule has 1 aliphatic rings. The number of hydrogen-bond donors (Lipinski definition) is 2. The lowest BCUT2D eigenvalue weighted by atomic mass is 9.71. The van der Waals surface area contributed by atoms with Crippen molar-refractivity contribution in [2.75, 3.05) is 0 Å². The van der Waals surface area contributed by atoms with Crippen molar-refractivity contribution in [1.29, 1.82) is 0 Å². The molecule has 132 valence electrons. The molecule has 1 aliphatic carbocycles. The molecule has 3 N–H and O–H groups in total. The molecule has 25 heavy (non-hydrogen) atoms. The van der Waals surface area contributed by atoms with Crippen LogP contribution in [0.5, 0.6) is 0 Å². The summed E-state index contributed by atoms with van der Waals surface area (Å²) < 4.78 is 0. The predicted molar refractivity (Wildman–Crippen MR) is 101 cm³/mol. The first-order valence-corrected chi connectivity index (χ1v) is 9.14. The lowest BCUT2D eigenvalue weighted by Crippen LogP contribution is -2.27. The molecule has 1 unspecified atom stereocenters. The molecule has 0 spiro atoms. The molecular weight excluding hydrogens is 310 g/mol. The Morgan fingerprint density at radius 1 is 1.44 bits per heavy atom. The van der Waals surface area contributed by atoms with Gasteiger partial charge in [0.25, 0.3) is 5.91 Å². The van der Waals surface area contributed by atoms with Gasteiger partial charge in [0.05, 0.1) is 11.1 Å². The number of H-pyrrole nitrogens is 1. The second kappa shape index (κ2) is 6.55. The summed E-state index contributed by atoms with van der Waals surface area (Å²) in [5.74, 6) is 6.39. The number of aryl methyl sites for hydroxylation is 1. The van der Waals surface area contributed by atoms with Gasteiger partial charge in [0.2, 0.25) is 0 Å². The monoisotopic (exact) mass is 337 g/mol. The molecular formula is C21H27N3O. The molecule has 1 atom stereocenters. The average Bonchev–Trinajstić information content (AvgIpc) is 2.89. The highest BCUT2D eigenvalue weighted by atomic mass is 16.1. The summed E-state index contributed by atoms with van der Waals surface area (Å²) >= 11 is 0. The van der Waals surface area contributed by atoms with Crippen molar-refractivity contribution in [2.24, 2.45) is 17.1 Å². The number of fused-ring (bicyclic) bond motifs is 2. The number of rotatable bonds is 2. The molecule has 0 aliphatic heterocycles. The van der Waals surface area contributed by atoms with Crippen LogP contribution in [0.15, 0.2) is 6.07 Å². The van der Waals surface area contributed by atoms with Crippen molar-refractivity contribution in [2.45, 2.75) is 59.8 Å². The van der Waals surface area contributed by atoms with Crippen LogP contribution in [0.2, 0.25) is 0 Å². The van der Waals surface area contributed by atoms with Gasteiger partial charge in [-0.2, -0.15) is 0 Å². The van der Waals surface area contributed by atoms with E-state index in [4.69, 9.17) is 10.7 Å². The molecule has 2 aromatic heterocycles. The second-order valence-corrected chi connectivity index (χ2v) is 8.09. The summed E-state index contributed by atoms with van der Waals surface area (Å²) in [6, 6.07) is 2.15. The van der Waals surface area contributed by atoms with Gasteiger partial charge in [-0.3, -0.25) is 4.79 Å². The van der Waals surface area contributed by atoms with Crippen molar-refractivity contribution in [3.8, 4) is 11.8 Å². The molecule has 2 aromatic rings. The molecule has 4 nitrogen and oxygen atoms in total. The molecule has 0 saturated heterocycles. The van der Waals surface area contributed by atoms with Crippen molar-refractivity contribution >= 4 is 16.9 Å². The van der Waals surface area contributed by atoms with Crippen LogP contribution in [0.3, 0.4) is 0 Å². The van der Waals surface area contributed by atoms with Crippen LogP contribution in [0.1, 0.15) is 74.3 Å². The standard InChI is InChI=1S/C21H27N3O/c1-5-6-7-8-15-18-17(24-19(15)20(22)25)12-13-11-14(21(2,3)4)9-10-16(13)23-18/h12,14,24H,5-6,9-11H2,1-4H3,(H2,22,25). The van der Waals surface area contributed by atoms with E-state index in [1.165, 1.54) is 5.56 Å². The Hall–Kier alpha value is -2.28. The first-order valence-electron chi connectivity index (χ1n) is 9.14. The van der Waals surface area contributed by atoms with E-state index in [0.717, 1.165) is 48.8 Å². The quantitative estimate of drug-likeness (QED) is 0.814. The molecule has 0 fully saturated rings. The lowest BCUT2D eigenvalue weighted by molar-refractivity contribution is 0.0996. The minimum Gasteiger partial charge on any atom is -0.364 e. The zero-order valence-electron chi connectivity index (χ0n) is 15.6. The van der Waals surface area contributed by atoms with Crippen LogP contribution in [0.25, 0.3) is 11.0 Å². The van der Waals surface area contributed by atoms with Gasteiger partial charge in [-0.25, -0.2) is 4.98 Å². The normalized spacial score (nSPS) is 17.0. The molecule has 1 amide bonds. The van der Waals surface area contributed by atoms with Crippen LogP contribution in [0.4, 0.5) is 0 Å². The lowest BCUT2D eigenvalue weighted by Gasteiger charge is -2.34. The maximum atomic E-state index is 11.8. The molecule has 0 saturated carbocycles. The van der Waals surface area contributed by atoms with E-state index in [1.54, 1.807) is 0 Å². The number of amides is 1. The molecule has 0 bridgehead atoms. The number of aromatic nitrogens is 2. The average molecular weight is 337 g/mol. The first-order chi connectivity index (χ1) is 11.8. The number of carbonyl (C=O) groups excluding carboxylic acids is 1. The smallest absolute Gasteiger partial charge is 0.266 e. The molecule has 3 rings (SSSR count). The summed E-state index contributed by atoms with van der Waals surface area (Å²) in [7, 11) is 0. The van der Waals surface area contributed by atoms with Crippen LogP contribution >= 0.6 is 0 Å². The van der Waals surface area contributed by atoms with E-state index in [2.05, 4.69) is 50.6 Å². The topological polar surface area (TPSA) is 71.8 Å². The highest BCUT2D eigenvalue weighted by molar-refractivity contribution is 6.01. The van der Waals surface area contributed by atoms with Gasteiger partial charge in [0.1, 0.15) is 11.2 Å². The summed E-state index contributed by atoms with van der Waals surface area (Å²) in [5, 5.41) is 0. The van der Waals surface area contributed by atoms with Crippen LogP contribution in [-0.4, -0.2) is 15.9 Å². The van der Waals surface area contributed by atoms with Crippen LogP contribution in [-0.2, 0) is 12.8 Å². The Bertz CT molecular complexity index is 874. The Balaban J connectivity index is 2.09. The zero-order chi connectivity index (χ0) is 18.2. The van der Waals surface area contributed by atoms with Gasteiger partial charge in [-0.15, -0.1) is 0 Å². The number of unbranched alkanes of at least 4 members (excludes halogenated alkanes) is 1. The Morgan fingerprint density at radius 2 is 2.20 bits per heavy atom. The van der Waals surface area contributed by atoms with Crippen molar-refractivity contribution in [3.63, 3.8) is 0 Å². The Morgan fingerprint density at radius 3 is 2.84 bits per heavy atom. The fourth-order valence-electron chi connectivity index (χ4n) is 3.59. The largest absolute Gasteiger partial charge is 0.364 e. The van der Waals surface area contributed by atoms with E-state index < -0.39 is 5.91 Å². The number of nitrogens with one attached hydrogen (secondary N) is 1. The Kier molecular flexibility index (Phi) is 4.60. The third-order valence-corrected chi connectivity index (χ3v) is 5.19. The van der Waals surface area contributed by atoms with E-state index in [-0.39, 0.29) is 5.41 Å². The van der Waals surface area contributed by atoms with Gasteiger partial charge < -0.3 is 10.7 Å². The predicted octanol–water partition coefficient (Wildman–Crippen LogP) is 3.96. The molecule has 2 heterocycles. The number of aromatic amines is 1. The highest BCUT2D eigenvalue weighted by Gasteiger charge is 2.30. The number of carbonyl (C=O) groups is 1. The second-order valence-electron chi connectivity index (χ2n) is 8.09. The molecule has 4 heteroatoms. The van der Waals surface area contributed by atoms with Gasteiger partial charge in [-0.05, 0) is 48.6 Å². The van der Waals surface area contributed by atoms with Crippen molar-refractivity contribution in [3.05, 3.63) is 28.6 Å². The third kappa shape index (κ3) is 3.42. The number of pyridine rings is 1. The maximum absolute atomic E-state index is 11.8. The summed E-state index contributed by atoms with van der Waals surface area (Å²) in [5.41, 5.74) is 10.9. The minimum absolute atomic E-state index is 0.289. The number of primary amides is 1. The fraction of sp³-hybridized carbons (Fsp3) is 0.524. The zero-order valence-corrected chi connectivity index (χ0v) is 15.6. The van der Waals surface area contributed by atoms with Crippen LogP contribution in [0, 0.1) is 23.2 Å². The fourth-order valence-corrected chi connectivity index (χ4v) is 3.59. The van der Waals surface area contributed by atoms with Gasteiger partial charge in [0, 0.05) is 12.1 Å². The Labute approximate surface area is 149 Å². The first kappa shape index (κ1) is 17.5. The summed E-state index contributed by atoms with van der Waals surface area (Å²) in [6.07, 6.45) is 4.94. The van der Waals surface area contributed by atoms with E-state index >= 15 is 0 Å². The van der Waals surface area contributed by atoms with Gasteiger partial charge in [0.15, 0.2) is 0 Å². The van der Waals surface area contributed by atoms with E-state index in [9.17, 15) is 4.79 Å². The maximum Gasteiger partial charge on any atom is 0.266 e. The molecule has 0 aromatic carbocycles. The minimum atomic E-state index is -0.482. The SMILES string of the molecule is CCCC#Cc1c(C(N)=O)[nH]c2cc3c(nc12)CCC(C(C)(C)C)C3. The van der Waals surface area contributed by atoms with Gasteiger partial charge in [-0.1, -0.05) is 39.5 Å². The summed E-state index contributed by atoms with van der Waals surface area (Å²) in [4.78, 5) is 19.9. The highest BCUT2D eigenvalue weighted by Crippen LogP contribution is 2.37.